The SMILES string of the molecule is C#Cc1cccc(C2C(C(=O)OC(C)N3CCN(C(c4ccccc4)c4ccccc4)CC3)=C(C)N=C(C=O)C2C(=O)OC)c1. The molecule has 45 heavy (non-hydrogen) atoms. The number of esters is 2. The molecule has 0 bridgehead atoms. The van der Waals surface area contributed by atoms with E-state index < -0.39 is 30.0 Å². The highest BCUT2D eigenvalue weighted by molar-refractivity contribution is 6.35. The van der Waals surface area contributed by atoms with Gasteiger partial charge in [-0.3, -0.25) is 24.4 Å². The van der Waals surface area contributed by atoms with Crippen LogP contribution in [0.4, 0.5) is 0 Å². The molecular weight excluding hydrogens is 566 g/mol. The summed E-state index contributed by atoms with van der Waals surface area (Å²) in [6.07, 6.45) is 5.64. The minimum atomic E-state index is -1.13. The number of piperazine rings is 1. The van der Waals surface area contributed by atoms with Crippen molar-refractivity contribution in [1.29, 1.82) is 0 Å². The van der Waals surface area contributed by atoms with Crippen LogP contribution in [-0.4, -0.2) is 73.3 Å². The standard InChI is InChI=1S/C37H37N3O5/c1-5-27-13-12-18-30(23-27)33-32(25(2)38-31(24-41)34(33)36(42)44-4)37(43)45-26(3)39-19-21-40(22-20-39)35(28-14-8-6-9-15-28)29-16-10-7-11-17-29/h1,6-18,23-24,26,33-35H,19-22H2,2-4H3. The van der Waals surface area contributed by atoms with Gasteiger partial charge in [-0.1, -0.05) is 78.7 Å². The van der Waals surface area contributed by atoms with Crippen molar-refractivity contribution < 1.29 is 23.9 Å². The van der Waals surface area contributed by atoms with Gasteiger partial charge >= 0.3 is 11.9 Å². The quantitative estimate of drug-likeness (QED) is 0.198. The van der Waals surface area contributed by atoms with Gasteiger partial charge in [-0.05, 0) is 42.7 Å². The van der Waals surface area contributed by atoms with Gasteiger partial charge in [0.25, 0.3) is 0 Å². The third-order valence-corrected chi connectivity index (χ3v) is 8.59. The first-order valence-electron chi connectivity index (χ1n) is 15.0. The summed E-state index contributed by atoms with van der Waals surface area (Å²) >= 11 is 0. The first-order chi connectivity index (χ1) is 21.9. The molecule has 0 aromatic heterocycles. The Morgan fingerprint density at radius 2 is 1.53 bits per heavy atom. The second-order valence-corrected chi connectivity index (χ2v) is 11.2. The first-order valence-corrected chi connectivity index (χ1v) is 15.0. The van der Waals surface area contributed by atoms with Crippen LogP contribution in [-0.2, 0) is 23.9 Å². The molecule has 0 amide bonds. The van der Waals surface area contributed by atoms with Crippen molar-refractivity contribution in [2.24, 2.45) is 10.9 Å². The topological polar surface area (TPSA) is 88.5 Å². The summed E-state index contributed by atoms with van der Waals surface area (Å²) in [5, 5.41) is 0. The third-order valence-electron chi connectivity index (χ3n) is 8.59. The number of aldehydes is 1. The van der Waals surface area contributed by atoms with Crippen LogP contribution >= 0.6 is 0 Å². The molecule has 0 N–H and O–H groups in total. The number of terminal acetylenes is 1. The molecular formula is C37H37N3O5. The lowest BCUT2D eigenvalue weighted by Gasteiger charge is -2.41. The molecule has 3 aromatic carbocycles. The number of carbonyl (C=O) groups excluding carboxylic acids is 3. The first kappa shape index (κ1) is 31.6. The molecule has 1 saturated heterocycles. The summed E-state index contributed by atoms with van der Waals surface area (Å²) in [6, 6.07) is 28.1. The molecule has 8 nitrogen and oxygen atoms in total. The molecule has 0 aliphatic carbocycles. The lowest BCUT2D eigenvalue weighted by Crippen LogP contribution is -2.51. The highest BCUT2D eigenvalue weighted by Gasteiger charge is 2.44. The van der Waals surface area contributed by atoms with E-state index in [9.17, 15) is 14.4 Å². The number of carbonyl (C=O) groups is 3. The van der Waals surface area contributed by atoms with Crippen molar-refractivity contribution >= 4 is 23.9 Å². The van der Waals surface area contributed by atoms with Crippen molar-refractivity contribution in [2.75, 3.05) is 33.3 Å². The number of ether oxygens (including phenoxy) is 2. The van der Waals surface area contributed by atoms with Crippen molar-refractivity contribution in [3.8, 4) is 12.3 Å². The Kier molecular flexibility index (Phi) is 10.0. The van der Waals surface area contributed by atoms with Crippen LogP contribution in [0.15, 0.2) is 101 Å². The predicted octanol–water partition coefficient (Wildman–Crippen LogP) is 4.76. The van der Waals surface area contributed by atoms with E-state index in [-0.39, 0.29) is 17.3 Å². The van der Waals surface area contributed by atoms with Crippen LogP contribution in [0.1, 0.15) is 48.1 Å². The van der Waals surface area contributed by atoms with Crippen LogP contribution in [0, 0.1) is 18.3 Å². The van der Waals surface area contributed by atoms with E-state index in [0.717, 1.165) is 13.1 Å². The Morgan fingerprint density at radius 3 is 2.09 bits per heavy atom. The molecule has 1 fully saturated rings. The Morgan fingerprint density at radius 1 is 0.933 bits per heavy atom. The van der Waals surface area contributed by atoms with Gasteiger partial charge < -0.3 is 9.47 Å². The molecule has 3 aromatic rings. The van der Waals surface area contributed by atoms with E-state index in [0.29, 0.717) is 36.2 Å². The van der Waals surface area contributed by atoms with Crippen molar-refractivity contribution in [2.45, 2.75) is 32.0 Å². The van der Waals surface area contributed by atoms with Gasteiger partial charge in [0, 0.05) is 43.4 Å². The Labute approximate surface area is 264 Å². The Hall–Kier alpha value is -4.84. The van der Waals surface area contributed by atoms with Crippen LogP contribution < -0.4 is 0 Å². The van der Waals surface area contributed by atoms with E-state index >= 15 is 0 Å². The van der Waals surface area contributed by atoms with Gasteiger partial charge in [0.1, 0.15) is 5.92 Å². The lowest BCUT2D eigenvalue weighted by atomic mass is 9.75. The molecule has 0 saturated carbocycles. The second kappa shape index (κ2) is 14.3. The van der Waals surface area contributed by atoms with Crippen LogP contribution in [0.3, 0.4) is 0 Å². The summed E-state index contributed by atoms with van der Waals surface area (Å²) in [4.78, 5) is 47.9. The summed E-state index contributed by atoms with van der Waals surface area (Å²) in [5.74, 6) is -0.676. The van der Waals surface area contributed by atoms with Gasteiger partial charge in [0.15, 0.2) is 12.5 Å². The Balaban J connectivity index is 1.36. The van der Waals surface area contributed by atoms with Gasteiger partial charge in [-0.2, -0.15) is 0 Å². The average Bonchev–Trinajstić information content (AvgIpc) is 3.08. The fraction of sp³-hybridized carbons (Fsp3) is 0.297. The maximum Gasteiger partial charge on any atom is 0.338 e. The molecule has 230 valence electrons. The number of hydrogen-bond acceptors (Lipinski definition) is 8. The number of aliphatic imine (C=N–C) groups is 1. The molecule has 0 spiro atoms. The van der Waals surface area contributed by atoms with Gasteiger partial charge in [0.2, 0.25) is 0 Å². The number of hydrogen-bond donors (Lipinski definition) is 0. The number of allylic oxidation sites excluding steroid dienone is 1. The number of rotatable bonds is 9. The van der Waals surface area contributed by atoms with E-state index in [2.05, 4.69) is 69.2 Å². The van der Waals surface area contributed by atoms with Crippen LogP contribution in [0.5, 0.6) is 0 Å². The second-order valence-electron chi connectivity index (χ2n) is 11.2. The lowest BCUT2D eigenvalue weighted by molar-refractivity contribution is -0.155. The summed E-state index contributed by atoms with van der Waals surface area (Å²) in [5.41, 5.74) is 4.12. The molecule has 0 radical (unpaired) electrons. The van der Waals surface area contributed by atoms with Crippen molar-refractivity contribution in [3.63, 3.8) is 0 Å². The third kappa shape index (κ3) is 6.80. The summed E-state index contributed by atoms with van der Waals surface area (Å²) in [6.45, 7) is 6.42. The zero-order valence-electron chi connectivity index (χ0n) is 25.8. The molecule has 3 unspecified atom stereocenters. The average molecular weight is 604 g/mol. The van der Waals surface area contributed by atoms with Crippen molar-refractivity contribution in [3.05, 3.63) is 118 Å². The highest BCUT2D eigenvalue weighted by atomic mass is 16.6. The van der Waals surface area contributed by atoms with Crippen LogP contribution in [0.25, 0.3) is 0 Å². The molecule has 3 atom stereocenters. The fourth-order valence-electron chi connectivity index (χ4n) is 6.36. The van der Waals surface area contributed by atoms with Gasteiger partial charge in [-0.15, -0.1) is 6.42 Å². The van der Waals surface area contributed by atoms with E-state index in [1.807, 2.05) is 19.1 Å². The Bertz CT molecular complexity index is 1600. The largest absolute Gasteiger partial charge is 0.468 e. The smallest absolute Gasteiger partial charge is 0.338 e. The summed E-state index contributed by atoms with van der Waals surface area (Å²) in [7, 11) is 1.24. The minimum absolute atomic E-state index is 0.0115. The van der Waals surface area contributed by atoms with E-state index in [4.69, 9.17) is 15.9 Å². The van der Waals surface area contributed by atoms with Crippen LogP contribution in [0.2, 0.25) is 0 Å². The highest BCUT2D eigenvalue weighted by Crippen LogP contribution is 2.40. The van der Waals surface area contributed by atoms with Gasteiger partial charge in [0.05, 0.1) is 24.4 Å². The fourth-order valence-corrected chi connectivity index (χ4v) is 6.36. The monoisotopic (exact) mass is 603 g/mol. The number of methoxy groups -OCH3 is 1. The molecule has 2 heterocycles. The van der Waals surface area contributed by atoms with Crippen molar-refractivity contribution in [1.82, 2.24) is 9.80 Å². The van der Waals surface area contributed by atoms with E-state index in [1.165, 1.54) is 18.2 Å². The summed E-state index contributed by atoms with van der Waals surface area (Å²) < 4.78 is 11.1. The van der Waals surface area contributed by atoms with E-state index in [1.54, 1.807) is 31.2 Å². The molecule has 8 heteroatoms. The maximum absolute atomic E-state index is 13.9. The normalized spacial score (nSPS) is 19.8. The molecule has 2 aliphatic rings. The maximum atomic E-state index is 13.9. The minimum Gasteiger partial charge on any atom is -0.468 e. The zero-order chi connectivity index (χ0) is 31.9. The number of nitrogens with zero attached hydrogens (tertiary/aromatic N) is 3. The molecule has 2 aliphatic heterocycles. The van der Waals surface area contributed by atoms with Gasteiger partial charge in [-0.25, -0.2) is 4.79 Å². The predicted molar refractivity (Wildman–Crippen MR) is 172 cm³/mol. The number of benzene rings is 3. The zero-order valence-corrected chi connectivity index (χ0v) is 25.8. The molecule has 5 rings (SSSR count).